The number of ether oxygens (including phenoxy) is 1. The van der Waals surface area contributed by atoms with E-state index in [-0.39, 0.29) is 0 Å². The molecule has 2 rings (SSSR count). The molecule has 1 unspecified atom stereocenters. The molecule has 0 spiro atoms. The average Bonchev–Trinajstić information content (AvgIpc) is 2.07. The van der Waals surface area contributed by atoms with Gasteiger partial charge in [-0.15, -0.1) is 0 Å². The minimum atomic E-state index is 0.565. The van der Waals surface area contributed by atoms with Gasteiger partial charge in [-0.25, -0.2) is 0 Å². The van der Waals surface area contributed by atoms with Crippen molar-refractivity contribution in [1.29, 1.82) is 0 Å². The molecule has 0 fully saturated rings. The highest BCUT2D eigenvalue weighted by atomic mass is 16.5. The maximum absolute atomic E-state index is 5.60. The minimum absolute atomic E-state index is 0.565. The third-order valence-electron chi connectivity index (χ3n) is 2.56. The van der Waals surface area contributed by atoms with Crippen LogP contribution in [0.25, 0.3) is 0 Å². The van der Waals surface area contributed by atoms with Gasteiger partial charge in [0.25, 0.3) is 0 Å². The van der Waals surface area contributed by atoms with Crippen molar-refractivity contribution >= 4 is 0 Å². The molecule has 1 aromatic carbocycles. The van der Waals surface area contributed by atoms with E-state index in [1.54, 1.807) is 7.11 Å². The largest absolute Gasteiger partial charge is 0.496 e. The van der Waals surface area contributed by atoms with Crippen LogP contribution in [-0.4, -0.2) is 13.7 Å². The fourth-order valence-corrected chi connectivity index (χ4v) is 1.81. The predicted molar refractivity (Wildman–Crippen MR) is 48.5 cm³/mol. The van der Waals surface area contributed by atoms with Gasteiger partial charge >= 0.3 is 0 Å². The molecule has 2 nitrogen and oxygen atoms in total. The lowest BCUT2D eigenvalue weighted by molar-refractivity contribution is 0.400. The molecule has 0 aliphatic heterocycles. The Bertz CT molecular complexity index is 296. The van der Waals surface area contributed by atoms with Gasteiger partial charge in [-0.2, -0.15) is 0 Å². The summed E-state index contributed by atoms with van der Waals surface area (Å²) in [7, 11) is 1.71. The van der Waals surface area contributed by atoms with Gasteiger partial charge in [0.15, 0.2) is 0 Å². The van der Waals surface area contributed by atoms with E-state index in [9.17, 15) is 0 Å². The predicted octanol–water partition coefficient (Wildman–Crippen LogP) is 1.29. The van der Waals surface area contributed by atoms with Gasteiger partial charge < -0.3 is 10.5 Å². The normalized spacial score (nSPS) is 19.7. The highest BCUT2D eigenvalue weighted by Gasteiger charge is 2.27. The zero-order valence-corrected chi connectivity index (χ0v) is 7.21. The van der Waals surface area contributed by atoms with Crippen LogP contribution in [0.15, 0.2) is 18.2 Å². The van der Waals surface area contributed by atoms with Gasteiger partial charge in [0.2, 0.25) is 0 Å². The monoisotopic (exact) mass is 163 g/mol. The maximum Gasteiger partial charge on any atom is 0.122 e. The van der Waals surface area contributed by atoms with Crippen LogP contribution in [0.5, 0.6) is 5.75 Å². The molecule has 2 heteroatoms. The van der Waals surface area contributed by atoms with Crippen molar-refractivity contribution in [3.05, 3.63) is 29.3 Å². The van der Waals surface area contributed by atoms with Crippen LogP contribution in [-0.2, 0) is 6.42 Å². The number of rotatable bonds is 2. The SMILES string of the molecule is COc1cccc2c1CC2CN. The number of fused-ring (bicyclic) bond motifs is 1. The quantitative estimate of drug-likeness (QED) is 0.713. The van der Waals surface area contributed by atoms with Crippen molar-refractivity contribution in [2.45, 2.75) is 12.3 Å². The Balaban J connectivity index is 2.36. The Morgan fingerprint density at radius 1 is 1.58 bits per heavy atom. The fraction of sp³-hybridized carbons (Fsp3) is 0.400. The van der Waals surface area contributed by atoms with Gasteiger partial charge in [0.1, 0.15) is 5.75 Å². The molecule has 0 saturated carbocycles. The number of hydrogen-bond acceptors (Lipinski definition) is 2. The molecule has 64 valence electrons. The van der Waals surface area contributed by atoms with Gasteiger partial charge in [0.05, 0.1) is 7.11 Å². The summed E-state index contributed by atoms with van der Waals surface area (Å²) in [4.78, 5) is 0. The van der Waals surface area contributed by atoms with Crippen molar-refractivity contribution in [2.24, 2.45) is 5.73 Å². The summed E-state index contributed by atoms with van der Waals surface area (Å²) in [5, 5.41) is 0. The number of nitrogens with two attached hydrogens (primary N) is 1. The van der Waals surface area contributed by atoms with Crippen LogP contribution < -0.4 is 10.5 Å². The fourth-order valence-electron chi connectivity index (χ4n) is 1.81. The van der Waals surface area contributed by atoms with Crippen LogP contribution >= 0.6 is 0 Å². The Hall–Kier alpha value is -1.02. The van der Waals surface area contributed by atoms with Crippen LogP contribution in [0.4, 0.5) is 0 Å². The molecular formula is C10H13NO. The first-order valence-electron chi connectivity index (χ1n) is 4.22. The molecule has 1 aromatic rings. The van der Waals surface area contributed by atoms with Gasteiger partial charge in [-0.1, -0.05) is 12.1 Å². The van der Waals surface area contributed by atoms with E-state index in [1.807, 2.05) is 12.1 Å². The van der Waals surface area contributed by atoms with Crippen molar-refractivity contribution in [3.8, 4) is 5.75 Å². The third-order valence-corrected chi connectivity index (χ3v) is 2.56. The molecule has 1 aliphatic rings. The lowest BCUT2D eigenvalue weighted by Gasteiger charge is -2.30. The molecule has 1 aliphatic carbocycles. The van der Waals surface area contributed by atoms with Crippen LogP contribution in [0.2, 0.25) is 0 Å². The van der Waals surface area contributed by atoms with Crippen LogP contribution in [0.3, 0.4) is 0 Å². The lowest BCUT2D eigenvalue weighted by Crippen LogP contribution is -2.25. The van der Waals surface area contributed by atoms with Gasteiger partial charge in [-0.05, 0) is 30.2 Å². The molecule has 0 radical (unpaired) electrons. The summed E-state index contributed by atoms with van der Waals surface area (Å²) in [6, 6.07) is 6.17. The standard InChI is InChI=1S/C10H13NO/c1-12-10-4-2-3-8-7(6-11)5-9(8)10/h2-4,7H,5-6,11H2,1H3. The first-order valence-corrected chi connectivity index (χ1v) is 4.22. The number of hydrogen-bond donors (Lipinski definition) is 1. The Kier molecular flexibility index (Phi) is 1.77. The second-order valence-electron chi connectivity index (χ2n) is 3.16. The van der Waals surface area contributed by atoms with Crippen molar-refractivity contribution in [2.75, 3.05) is 13.7 Å². The van der Waals surface area contributed by atoms with Crippen molar-refractivity contribution < 1.29 is 4.74 Å². The van der Waals surface area contributed by atoms with E-state index < -0.39 is 0 Å². The highest BCUT2D eigenvalue weighted by molar-refractivity contribution is 5.49. The molecule has 12 heavy (non-hydrogen) atoms. The summed E-state index contributed by atoms with van der Waals surface area (Å²) in [5.74, 6) is 1.58. The summed E-state index contributed by atoms with van der Waals surface area (Å²) in [5.41, 5.74) is 8.31. The summed E-state index contributed by atoms with van der Waals surface area (Å²) in [6.07, 6.45) is 1.08. The van der Waals surface area contributed by atoms with E-state index >= 15 is 0 Å². The van der Waals surface area contributed by atoms with Crippen molar-refractivity contribution in [1.82, 2.24) is 0 Å². The van der Waals surface area contributed by atoms with Gasteiger partial charge in [0, 0.05) is 5.92 Å². The third kappa shape index (κ3) is 0.916. The lowest BCUT2D eigenvalue weighted by atomic mass is 9.77. The zero-order chi connectivity index (χ0) is 8.55. The maximum atomic E-state index is 5.60. The van der Waals surface area contributed by atoms with E-state index in [0.29, 0.717) is 5.92 Å². The Morgan fingerprint density at radius 2 is 2.42 bits per heavy atom. The van der Waals surface area contributed by atoms with Crippen molar-refractivity contribution in [3.63, 3.8) is 0 Å². The first-order chi connectivity index (χ1) is 5.86. The minimum Gasteiger partial charge on any atom is -0.496 e. The van der Waals surface area contributed by atoms with E-state index in [1.165, 1.54) is 11.1 Å². The van der Waals surface area contributed by atoms with E-state index in [0.717, 1.165) is 18.7 Å². The first kappa shape index (κ1) is 7.62. The van der Waals surface area contributed by atoms with Gasteiger partial charge in [-0.3, -0.25) is 0 Å². The number of benzene rings is 1. The van der Waals surface area contributed by atoms with Crippen LogP contribution in [0, 0.1) is 0 Å². The van der Waals surface area contributed by atoms with E-state index in [2.05, 4.69) is 6.07 Å². The summed E-state index contributed by atoms with van der Waals surface area (Å²) < 4.78 is 5.23. The molecule has 1 atom stereocenters. The molecule has 2 N–H and O–H groups in total. The molecule has 0 saturated heterocycles. The van der Waals surface area contributed by atoms with Crippen LogP contribution in [0.1, 0.15) is 17.0 Å². The molecule has 0 bridgehead atoms. The topological polar surface area (TPSA) is 35.2 Å². The Labute approximate surface area is 72.3 Å². The average molecular weight is 163 g/mol. The molecular weight excluding hydrogens is 150 g/mol. The second kappa shape index (κ2) is 2.79. The summed E-state index contributed by atoms with van der Waals surface area (Å²) in [6.45, 7) is 0.750. The highest BCUT2D eigenvalue weighted by Crippen LogP contribution is 2.39. The molecule has 0 aromatic heterocycles. The second-order valence-corrected chi connectivity index (χ2v) is 3.16. The Morgan fingerprint density at radius 3 is 3.08 bits per heavy atom. The van der Waals surface area contributed by atoms with E-state index in [4.69, 9.17) is 10.5 Å². The number of methoxy groups -OCH3 is 1. The molecule has 0 amide bonds. The zero-order valence-electron chi connectivity index (χ0n) is 7.21. The molecule has 0 heterocycles. The summed E-state index contributed by atoms with van der Waals surface area (Å²) >= 11 is 0. The smallest absolute Gasteiger partial charge is 0.122 e.